The maximum atomic E-state index is 12.9. The molecule has 5 rings (SSSR count). The molecule has 0 aliphatic carbocycles. The zero-order valence-corrected chi connectivity index (χ0v) is 17.7. The molecule has 1 aromatic carbocycles. The summed E-state index contributed by atoms with van der Waals surface area (Å²) in [7, 11) is 0. The van der Waals surface area contributed by atoms with Crippen LogP contribution in [-0.2, 0) is 6.18 Å². The van der Waals surface area contributed by atoms with Crippen LogP contribution in [0.2, 0.25) is 0 Å². The van der Waals surface area contributed by atoms with Crippen molar-refractivity contribution in [3.05, 3.63) is 90.4 Å². The minimum absolute atomic E-state index is 0.0370. The number of imidazole rings is 1. The van der Waals surface area contributed by atoms with Crippen molar-refractivity contribution in [1.82, 2.24) is 29.6 Å². The SMILES string of the molecule is FC(F)(F)c1ccc(N2CCN(C(c3cn[nH]c3)c3ccccc3-n3ccnc3)CC2)nc1. The molecule has 0 spiro atoms. The first-order valence-corrected chi connectivity index (χ1v) is 10.6. The van der Waals surface area contributed by atoms with Gasteiger partial charge in [-0.1, -0.05) is 18.2 Å². The Balaban J connectivity index is 1.39. The van der Waals surface area contributed by atoms with Crippen molar-refractivity contribution in [3.63, 3.8) is 0 Å². The number of hydrogen-bond acceptors (Lipinski definition) is 5. The summed E-state index contributed by atoms with van der Waals surface area (Å²) in [6.07, 6.45) is 5.69. The van der Waals surface area contributed by atoms with Gasteiger partial charge in [-0.3, -0.25) is 10.00 Å². The first kappa shape index (κ1) is 21.2. The van der Waals surface area contributed by atoms with Gasteiger partial charge in [0.25, 0.3) is 0 Å². The van der Waals surface area contributed by atoms with Crippen LogP contribution in [-0.4, -0.2) is 55.8 Å². The number of nitrogens with one attached hydrogen (secondary N) is 1. The van der Waals surface area contributed by atoms with Gasteiger partial charge in [0.2, 0.25) is 0 Å². The van der Waals surface area contributed by atoms with E-state index in [1.807, 2.05) is 40.2 Å². The maximum Gasteiger partial charge on any atom is 0.417 e. The lowest BCUT2D eigenvalue weighted by Crippen LogP contribution is -2.48. The van der Waals surface area contributed by atoms with Crippen LogP contribution in [0.5, 0.6) is 0 Å². The molecular formula is C23H22F3N7. The van der Waals surface area contributed by atoms with E-state index in [4.69, 9.17) is 0 Å². The van der Waals surface area contributed by atoms with Gasteiger partial charge in [-0.25, -0.2) is 9.97 Å². The van der Waals surface area contributed by atoms with Gasteiger partial charge in [-0.2, -0.15) is 18.3 Å². The van der Waals surface area contributed by atoms with E-state index in [0.29, 0.717) is 18.9 Å². The zero-order valence-electron chi connectivity index (χ0n) is 17.7. The van der Waals surface area contributed by atoms with Gasteiger partial charge < -0.3 is 9.47 Å². The summed E-state index contributed by atoms with van der Waals surface area (Å²) >= 11 is 0. The van der Waals surface area contributed by atoms with Crippen LogP contribution in [0.4, 0.5) is 19.0 Å². The predicted molar refractivity (Wildman–Crippen MR) is 117 cm³/mol. The third-order valence-corrected chi connectivity index (χ3v) is 5.93. The summed E-state index contributed by atoms with van der Waals surface area (Å²) in [4.78, 5) is 12.6. The van der Waals surface area contributed by atoms with Crippen molar-refractivity contribution >= 4 is 5.82 Å². The predicted octanol–water partition coefficient (Wildman–Crippen LogP) is 3.92. The van der Waals surface area contributed by atoms with Crippen LogP contribution >= 0.6 is 0 Å². The molecule has 0 bridgehead atoms. The van der Waals surface area contributed by atoms with Crippen molar-refractivity contribution in [3.8, 4) is 5.69 Å². The van der Waals surface area contributed by atoms with E-state index >= 15 is 0 Å². The van der Waals surface area contributed by atoms with Crippen LogP contribution < -0.4 is 4.90 Å². The maximum absolute atomic E-state index is 12.9. The number of halogens is 3. The molecule has 1 saturated heterocycles. The fraction of sp³-hybridized carbons (Fsp3) is 0.261. The second-order valence-corrected chi connectivity index (χ2v) is 7.89. The summed E-state index contributed by atoms with van der Waals surface area (Å²) in [5, 5.41) is 7.08. The van der Waals surface area contributed by atoms with E-state index in [0.717, 1.165) is 42.2 Å². The topological polar surface area (TPSA) is 65.9 Å². The van der Waals surface area contributed by atoms with Crippen molar-refractivity contribution in [2.24, 2.45) is 0 Å². The number of hydrogen-bond donors (Lipinski definition) is 1. The number of H-pyrrole nitrogens is 1. The molecule has 1 aliphatic rings. The van der Waals surface area contributed by atoms with Crippen LogP contribution in [0.1, 0.15) is 22.7 Å². The quantitative estimate of drug-likeness (QED) is 0.496. The molecule has 1 atom stereocenters. The monoisotopic (exact) mass is 453 g/mol. The molecule has 33 heavy (non-hydrogen) atoms. The third kappa shape index (κ3) is 4.34. The molecule has 3 aromatic heterocycles. The van der Waals surface area contributed by atoms with Gasteiger partial charge in [-0.15, -0.1) is 0 Å². The average Bonchev–Trinajstić information content (AvgIpc) is 3.55. The summed E-state index contributed by atoms with van der Waals surface area (Å²) in [5.74, 6) is 0.557. The van der Waals surface area contributed by atoms with Crippen molar-refractivity contribution in [2.45, 2.75) is 12.2 Å². The summed E-state index contributed by atoms with van der Waals surface area (Å²) in [5.41, 5.74) is 2.47. The van der Waals surface area contributed by atoms with Gasteiger partial charge in [0.05, 0.1) is 29.8 Å². The summed E-state index contributed by atoms with van der Waals surface area (Å²) in [6.45, 7) is 2.74. The first-order valence-electron chi connectivity index (χ1n) is 10.6. The van der Waals surface area contributed by atoms with Crippen LogP contribution in [0.25, 0.3) is 5.69 Å². The molecule has 10 heteroatoms. The minimum Gasteiger partial charge on any atom is -0.354 e. The van der Waals surface area contributed by atoms with Crippen molar-refractivity contribution in [2.75, 3.05) is 31.1 Å². The number of anilines is 1. The van der Waals surface area contributed by atoms with Crippen LogP contribution in [0, 0.1) is 0 Å². The molecule has 0 radical (unpaired) electrons. The highest BCUT2D eigenvalue weighted by Gasteiger charge is 2.32. The molecule has 1 N–H and O–H groups in total. The fourth-order valence-corrected chi connectivity index (χ4v) is 4.30. The first-order chi connectivity index (χ1) is 16.0. The number of aromatic amines is 1. The highest BCUT2D eigenvalue weighted by atomic mass is 19.4. The Hall–Kier alpha value is -3.66. The van der Waals surface area contributed by atoms with Crippen LogP contribution in [0.3, 0.4) is 0 Å². The standard InChI is InChI=1S/C23H22F3N7/c24-23(25,26)18-5-6-21(28-15-18)31-9-11-32(12-10-31)22(17-13-29-30-14-17)19-3-1-2-4-20(19)33-8-7-27-16-33/h1-8,13-16,22H,9-12H2,(H,29,30). The van der Waals surface area contributed by atoms with Gasteiger partial charge in [0.15, 0.2) is 0 Å². The Morgan fingerprint density at radius 3 is 2.42 bits per heavy atom. The number of nitrogens with zero attached hydrogens (tertiary/aromatic N) is 6. The van der Waals surface area contributed by atoms with Crippen molar-refractivity contribution in [1.29, 1.82) is 0 Å². The molecule has 1 aliphatic heterocycles. The highest BCUT2D eigenvalue weighted by Crippen LogP contribution is 2.34. The Morgan fingerprint density at radius 2 is 1.79 bits per heavy atom. The van der Waals surface area contributed by atoms with E-state index in [-0.39, 0.29) is 6.04 Å². The van der Waals surface area contributed by atoms with E-state index in [9.17, 15) is 13.2 Å². The number of aromatic nitrogens is 5. The number of benzene rings is 1. The molecule has 7 nitrogen and oxygen atoms in total. The average molecular weight is 453 g/mol. The Morgan fingerprint density at radius 1 is 0.970 bits per heavy atom. The molecule has 4 aromatic rings. The second kappa shape index (κ2) is 8.70. The molecule has 4 heterocycles. The van der Waals surface area contributed by atoms with E-state index in [1.165, 1.54) is 6.07 Å². The molecule has 0 saturated carbocycles. The molecule has 0 amide bonds. The molecule has 1 unspecified atom stereocenters. The number of piperazine rings is 1. The molecular weight excluding hydrogens is 431 g/mol. The number of rotatable bonds is 5. The fourth-order valence-electron chi connectivity index (χ4n) is 4.30. The third-order valence-electron chi connectivity index (χ3n) is 5.93. The largest absolute Gasteiger partial charge is 0.417 e. The lowest BCUT2D eigenvalue weighted by atomic mass is 9.97. The lowest BCUT2D eigenvalue weighted by Gasteiger charge is -2.40. The summed E-state index contributed by atoms with van der Waals surface area (Å²) < 4.78 is 40.6. The molecule has 170 valence electrons. The second-order valence-electron chi connectivity index (χ2n) is 7.89. The highest BCUT2D eigenvalue weighted by molar-refractivity contribution is 5.47. The van der Waals surface area contributed by atoms with Gasteiger partial charge in [0.1, 0.15) is 5.82 Å². The number of alkyl halides is 3. The van der Waals surface area contributed by atoms with E-state index in [1.54, 1.807) is 12.5 Å². The minimum atomic E-state index is -4.38. The lowest BCUT2D eigenvalue weighted by molar-refractivity contribution is -0.137. The van der Waals surface area contributed by atoms with E-state index < -0.39 is 11.7 Å². The normalized spacial score (nSPS) is 16.2. The summed E-state index contributed by atoms with van der Waals surface area (Å²) in [6, 6.07) is 10.7. The van der Waals surface area contributed by atoms with Gasteiger partial charge >= 0.3 is 6.18 Å². The number of pyridine rings is 1. The van der Waals surface area contributed by atoms with E-state index in [2.05, 4.69) is 37.2 Å². The Labute approximate surface area is 188 Å². The Bertz CT molecular complexity index is 1160. The smallest absolute Gasteiger partial charge is 0.354 e. The molecule has 1 fully saturated rings. The van der Waals surface area contributed by atoms with Gasteiger partial charge in [0, 0.05) is 56.5 Å². The number of para-hydroxylation sites is 1. The Kier molecular flexibility index (Phi) is 5.59. The van der Waals surface area contributed by atoms with Crippen molar-refractivity contribution < 1.29 is 13.2 Å². The van der Waals surface area contributed by atoms with Crippen LogP contribution in [0.15, 0.2) is 73.7 Å². The zero-order chi connectivity index (χ0) is 22.8. The van der Waals surface area contributed by atoms with Gasteiger partial charge in [-0.05, 0) is 23.8 Å².